The van der Waals surface area contributed by atoms with Crippen molar-refractivity contribution in [3.05, 3.63) is 0 Å². The minimum atomic E-state index is -3.93. The van der Waals surface area contributed by atoms with Gasteiger partial charge in [-0.3, -0.25) is 8.94 Å². The number of alkyl halides is 1. The fourth-order valence-corrected chi connectivity index (χ4v) is 0.711. The fourth-order valence-electron chi connectivity index (χ4n) is 0.237. The molecule has 58 valence electrons. The highest BCUT2D eigenvalue weighted by Crippen LogP contribution is 1.87. The van der Waals surface area contributed by atoms with Gasteiger partial charge in [0.2, 0.25) is 0 Å². The molecule has 0 aromatic heterocycles. The van der Waals surface area contributed by atoms with Crippen molar-refractivity contribution in [2.45, 2.75) is 6.42 Å². The van der Waals surface area contributed by atoms with E-state index in [-0.39, 0.29) is 30.4 Å². The van der Waals surface area contributed by atoms with Crippen molar-refractivity contribution >= 4 is 34.1 Å². The van der Waals surface area contributed by atoms with Crippen LogP contribution in [0, 0.1) is 0 Å². The molecule has 0 fully saturated rings. The number of halogens is 2. The van der Waals surface area contributed by atoms with Gasteiger partial charge in [0.1, 0.15) is 0 Å². The predicted molar refractivity (Wildman–Crippen MR) is 42.4 cm³/mol. The quantitative estimate of drug-likeness (QED) is 0.611. The molecule has 0 aliphatic carbocycles. The SMILES string of the molecule is I.O=S(=O)(O)CCCF. The highest BCUT2D eigenvalue weighted by Gasteiger charge is 2.01. The molecule has 0 rings (SSSR count). The Labute approximate surface area is 70.4 Å². The second-order valence-electron chi connectivity index (χ2n) is 1.33. The molecule has 0 aliphatic rings. The third kappa shape index (κ3) is 11.9. The van der Waals surface area contributed by atoms with Gasteiger partial charge in [0, 0.05) is 0 Å². The van der Waals surface area contributed by atoms with Crippen LogP contribution < -0.4 is 0 Å². The van der Waals surface area contributed by atoms with E-state index in [0.717, 1.165) is 0 Å². The molecule has 0 aliphatic heterocycles. The zero-order valence-electron chi connectivity index (χ0n) is 4.58. The molecule has 0 radical (unpaired) electrons. The summed E-state index contributed by atoms with van der Waals surface area (Å²) in [4.78, 5) is 0. The lowest BCUT2D eigenvalue weighted by atomic mass is 10.6. The Balaban J connectivity index is 0. The van der Waals surface area contributed by atoms with E-state index in [4.69, 9.17) is 4.55 Å². The second-order valence-corrected chi connectivity index (χ2v) is 2.90. The summed E-state index contributed by atoms with van der Waals surface area (Å²) < 4.78 is 38.7. The van der Waals surface area contributed by atoms with Crippen molar-refractivity contribution in [3.63, 3.8) is 0 Å². The van der Waals surface area contributed by atoms with Crippen molar-refractivity contribution in [2.75, 3.05) is 12.4 Å². The molecule has 0 saturated heterocycles. The van der Waals surface area contributed by atoms with E-state index >= 15 is 0 Å². The molecule has 0 atom stereocenters. The number of rotatable bonds is 3. The lowest BCUT2D eigenvalue weighted by molar-refractivity contribution is 0.457. The van der Waals surface area contributed by atoms with Gasteiger partial charge >= 0.3 is 0 Å². The van der Waals surface area contributed by atoms with Crippen molar-refractivity contribution in [1.82, 2.24) is 0 Å². The molecule has 0 aromatic rings. The van der Waals surface area contributed by atoms with Crippen molar-refractivity contribution in [1.29, 1.82) is 0 Å². The van der Waals surface area contributed by atoms with Crippen LogP contribution in [0.3, 0.4) is 0 Å². The van der Waals surface area contributed by atoms with Crippen LogP contribution in [0.25, 0.3) is 0 Å². The van der Waals surface area contributed by atoms with E-state index in [1.165, 1.54) is 0 Å². The zero-order valence-corrected chi connectivity index (χ0v) is 7.73. The largest absolute Gasteiger partial charge is 0.286 e. The maximum absolute atomic E-state index is 11.1. The van der Waals surface area contributed by atoms with E-state index in [9.17, 15) is 12.8 Å². The molecule has 0 saturated carbocycles. The molecule has 3 nitrogen and oxygen atoms in total. The van der Waals surface area contributed by atoms with Crippen LogP contribution in [-0.4, -0.2) is 25.4 Å². The minimum Gasteiger partial charge on any atom is -0.286 e. The fraction of sp³-hybridized carbons (Fsp3) is 1.00. The lowest BCUT2D eigenvalue weighted by Gasteiger charge is -1.88. The first kappa shape index (κ1) is 12.3. The molecule has 0 spiro atoms. The van der Waals surface area contributed by atoms with E-state index in [0.29, 0.717) is 0 Å². The van der Waals surface area contributed by atoms with Crippen LogP contribution in [0.2, 0.25) is 0 Å². The minimum absolute atomic E-state index is 0. The maximum Gasteiger partial charge on any atom is 0.264 e. The summed E-state index contributed by atoms with van der Waals surface area (Å²) in [7, 11) is -3.93. The summed E-state index contributed by atoms with van der Waals surface area (Å²) >= 11 is 0. The summed E-state index contributed by atoms with van der Waals surface area (Å²) in [6.07, 6.45) is -0.126. The standard InChI is InChI=1S/C3H7FO3S.HI/c4-2-1-3-8(5,6)7;/h1-3H2,(H,5,6,7);1H. The predicted octanol–water partition coefficient (Wildman–Crippen LogP) is 0.852. The van der Waals surface area contributed by atoms with Gasteiger partial charge in [-0.2, -0.15) is 8.42 Å². The van der Waals surface area contributed by atoms with Gasteiger partial charge < -0.3 is 0 Å². The molecule has 0 bridgehead atoms. The molecule has 1 N–H and O–H groups in total. The highest BCUT2D eigenvalue weighted by atomic mass is 127. The van der Waals surface area contributed by atoms with Crippen molar-refractivity contribution in [2.24, 2.45) is 0 Å². The third-order valence-corrected chi connectivity index (χ3v) is 1.34. The van der Waals surface area contributed by atoms with Crippen LogP contribution in [0.4, 0.5) is 4.39 Å². The molecule has 9 heavy (non-hydrogen) atoms. The summed E-state index contributed by atoms with van der Waals surface area (Å²) in [6, 6.07) is 0. The summed E-state index contributed by atoms with van der Waals surface area (Å²) in [5.41, 5.74) is 0. The topological polar surface area (TPSA) is 54.4 Å². The van der Waals surface area contributed by atoms with E-state index < -0.39 is 22.5 Å². The van der Waals surface area contributed by atoms with Gasteiger partial charge in [-0.05, 0) is 6.42 Å². The Morgan fingerprint density at radius 1 is 1.44 bits per heavy atom. The Kier molecular flexibility index (Phi) is 7.31. The summed E-state index contributed by atoms with van der Waals surface area (Å²) in [5, 5.41) is 0. The first-order valence-corrected chi connectivity index (χ1v) is 3.68. The zero-order chi connectivity index (χ0) is 6.62. The summed E-state index contributed by atoms with van der Waals surface area (Å²) in [6.45, 7) is -0.709. The van der Waals surface area contributed by atoms with E-state index in [1.54, 1.807) is 0 Å². The van der Waals surface area contributed by atoms with E-state index in [1.807, 2.05) is 0 Å². The highest BCUT2D eigenvalue weighted by molar-refractivity contribution is 14.0. The molecule has 6 heteroatoms. The van der Waals surface area contributed by atoms with Crippen LogP contribution in [0.15, 0.2) is 0 Å². The van der Waals surface area contributed by atoms with Gasteiger partial charge in [0.15, 0.2) is 0 Å². The molecule has 0 heterocycles. The molecular formula is C3H8FIO3S. The number of hydrogen-bond donors (Lipinski definition) is 1. The maximum atomic E-state index is 11.1. The van der Waals surface area contributed by atoms with Gasteiger partial charge in [0.05, 0.1) is 12.4 Å². The van der Waals surface area contributed by atoms with Gasteiger partial charge in [-0.25, -0.2) is 0 Å². The second kappa shape index (κ2) is 5.36. The Morgan fingerprint density at radius 2 is 1.89 bits per heavy atom. The van der Waals surface area contributed by atoms with Crippen LogP contribution >= 0.6 is 24.0 Å². The monoisotopic (exact) mass is 270 g/mol. The first-order chi connectivity index (χ1) is 3.56. The molecule has 0 aromatic carbocycles. The van der Waals surface area contributed by atoms with Gasteiger partial charge in [-0.1, -0.05) is 0 Å². The summed E-state index contributed by atoms with van der Waals surface area (Å²) in [5.74, 6) is -0.483. The molecule has 0 unspecified atom stereocenters. The smallest absolute Gasteiger partial charge is 0.264 e. The molecular weight excluding hydrogens is 262 g/mol. The van der Waals surface area contributed by atoms with Crippen molar-refractivity contribution in [3.8, 4) is 0 Å². The Bertz CT molecular complexity index is 143. The van der Waals surface area contributed by atoms with Gasteiger partial charge in [0.25, 0.3) is 10.1 Å². The van der Waals surface area contributed by atoms with Crippen LogP contribution in [-0.2, 0) is 10.1 Å². The third-order valence-electron chi connectivity index (χ3n) is 0.536. The van der Waals surface area contributed by atoms with Crippen LogP contribution in [0.5, 0.6) is 0 Å². The lowest BCUT2D eigenvalue weighted by Crippen LogP contribution is -2.03. The average Bonchev–Trinajstić information content (AvgIpc) is 1.59. The average molecular weight is 270 g/mol. The number of hydrogen-bond acceptors (Lipinski definition) is 2. The molecule has 0 amide bonds. The Morgan fingerprint density at radius 3 is 2.00 bits per heavy atom. The van der Waals surface area contributed by atoms with Crippen molar-refractivity contribution < 1.29 is 17.4 Å². The Hall–Kier alpha value is 0.570. The first-order valence-electron chi connectivity index (χ1n) is 2.07. The van der Waals surface area contributed by atoms with Gasteiger partial charge in [-0.15, -0.1) is 24.0 Å². The van der Waals surface area contributed by atoms with Crippen LogP contribution in [0.1, 0.15) is 6.42 Å². The van der Waals surface area contributed by atoms with E-state index in [2.05, 4.69) is 0 Å². The normalized spacial score (nSPS) is 10.4.